The standard InChI is InChI=1S/C25H32N4O/c1-18(2)29-17-21(22-9-5-6-10-24(22)29)16-28-13-7-8-20(15-28)23-12-11-19(14-26-23)25(30)27(3)4/h5-6,9-12,14,17-18,20H,7-8,13,15-16H2,1-4H3. The fourth-order valence-electron chi connectivity index (χ4n) is 4.54. The molecule has 4 rings (SSSR count). The van der Waals surface area contributed by atoms with Gasteiger partial charge in [0.15, 0.2) is 0 Å². The molecule has 0 saturated carbocycles. The van der Waals surface area contributed by atoms with Gasteiger partial charge < -0.3 is 9.47 Å². The molecule has 0 radical (unpaired) electrons. The number of piperidine rings is 1. The molecule has 3 heterocycles. The molecule has 1 atom stereocenters. The average molecular weight is 405 g/mol. The number of likely N-dealkylation sites (tertiary alicyclic amines) is 1. The van der Waals surface area contributed by atoms with Crippen LogP contribution >= 0.6 is 0 Å². The molecular formula is C25H32N4O. The summed E-state index contributed by atoms with van der Waals surface area (Å²) in [6.07, 6.45) is 6.39. The summed E-state index contributed by atoms with van der Waals surface area (Å²) in [6.45, 7) is 7.57. The maximum Gasteiger partial charge on any atom is 0.254 e. The molecule has 3 aromatic rings. The Bertz CT molecular complexity index is 1020. The number of fused-ring (bicyclic) bond motifs is 1. The first kappa shape index (κ1) is 20.6. The number of rotatable bonds is 5. The molecule has 5 heteroatoms. The minimum atomic E-state index is 0.000799. The van der Waals surface area contributed by atoms with Crippen molar-refractivity contribution in [3.8, 4) is 0 Å². The van der Waals surface area contributed by atoms with Crippen LogP contribution in [-0.2, 0) is 6.54 Å². The number of carbonyl (C=O) groups is 1. The van der Waals surface area contributed by atoms with Crippen LogP contribution in [0.3, 0.4) is 0 Å². The monoisotopic (exact) mass is 404 g/mol. The van der Waals surface area contributed by atoms with Gasteiger partial charge >= 0.3 is 0 Å². The van der Waals surface area contributed by atoms with Crippen LogP contribution in [0, 0.1) is 0 Å². The van der Waals surface area contributed by atoms with E-state index in [1.165, 1.54) is 22.9 Å². The van der Waals surface area contributed by atoms with Gasteiger partial charge in [-0.25, -0.2) is 0 Å². The predicted octanol–water partition coefficient (Wildman–Crippen LogP) is 4.70. The van der Waals surface area contributed by atoms with Crippen LogP contribution in [0.25, 0.3) is 10.9 Å². The molecule has 0 bridgehead atoms. The Kier molecular flexibility index (Phi) is 5.91. The Hall–Kier alpha value is -2.66. The molecule has 0 aliphatic carbocycles. The molecule has 1 aliphatic rings. The third-order valence-corrected chi connectivity index (χ3v) is 6.14. The number of amides is 1. The highest BCUT2D eigenvalue weighted by atomic mass is 16.2. The van der Waals surface area contributed by atoms with Crippen molar-refractivity contribution in [2.75, 3.05) is 27.2 Å². The van der Waals surface area contributed by atoms with Crippen molar-refractivity contribution < 1.29 is 4.79 Å². The lowest BCUT2D eigenvalue weighted by Gasteiger charge is -2.32. The van der Waals surface area contributed by atoms with Gasteiger partial charge in [-0.3, -0.25) is 14.7 Å². The number of nitrogens with zero attached hydrogens (tertiary/aromatic N) is 4. The first-order valence-electron chi connectivity index (χ1n) is 10.9. The van der Waals surface area contributed by atoms with Gasteiger partial charge in [0.25, 0.3) is 5.91 Å². The minimum absolute atomic E-state index is 0.000799. The lowest BCUT2D eigenvalue weighted by molar-refractivity contribution is 0.0827. The number of pyridine rings is 1. The van der Waals surface area contributed by atoms with E-state index in [0.717, 1.165) is 31.7 Å². The Morgan fingerprint density at radius 3 is 2.70 bits per heavy atom. The van der Waals surface area contributed by atoms with E-state index in [0.29, 0.717) is 17.5 Å². The van der Waals surface area contributed by atoms with Crippen molar-refractivity contribution in [1.82, 2.24) is 19.4 Å². The van der Waals surface area contributed by atoms with Gasteiger partial charge in [0.1, 0.15) is 0 Å². The summed E-state index contributed by atoms with van der Waals surface area (Å²) in [5.41, 5.74) is 4.47. The van der Waals surface area contributed by atoms with E-state index >= 15 is 0 Å². The van der Waals surface area contributed by atoms with E-state index in [2.05, 4.69) is 58.8 Å². The third kappa shape index (κ3) is 4.12. The summed E-state index contributed by atoms with van der Waals surface area (Å²) in [4.78, 5) is 20.9. The van der Waals surface area contributed by atoms with Gasteiger partial charge in [-0.05, 0) is 57.0 Å². The summed E-state index contributed by atoms with van der Waals surface area (Å²) in [5.74, 6) is 0.418. The zero-order valence-corrected chi connectivity index (χ0v) is 18.5. The second-order valence-electron chi connectivity index (χ2n) is 8.92. The molecule has 1 aliphatic heterocycles. The van der Waals surface area contributed by atoms with Crippen molar-refractivity contribution >= 4 is 16.8 Å². The van der Waals surface area contributed by atoms with Crippen LogP contribution < -0.4 is 0 Å². The summed E-state index contributed by atoms with van der Waals surface area (Å²) < 4.78 is 2.38. The quantitative estimate of drug-likeness (QED) is 0.619. The molecule has 1 unspecified atom stereocenters. The zero-order chi connectivity index (χ0) is 21.3. The molecule has 1 saturated heterocycles. The topological polar surface area (TPSA) is 41.4 Å². The second-order valence-corrected chi connectivity index (χ2v) is 8.92. The van der Waals surface area contributed by atoms with Gasteiger partial charge in [-0.15, -0.1) is 0 Å². The molecule has 30 heavy (non-hydrogen) atoms. The van der Waals surface area contributed by atoms with Gasteiger partial charge in [0.2, 0.25) is 0 Å². The maximum atomic E-state index is 12.1. The Morgan fingerprint density at radius 2 is 2.00 bits per heavy atom. The number of carbonyl (C=O) groups excluding carboxylic acids is 1. The number of aromatic nitrogens is 2. The molecule has 1 aromatic carbocycles. The number of hydrogen-bond acceptors (Lipinski definition) is 3. The SMILES string of the molecule is CC(C)n1cc(CN2CCCC(c3ccc(C(=O)N(C)C)cn3)C2)c2ccccc21. The van der Waals surface area contributed by atoms with E-state index in [1.807, 2.05) is 12.1 Å². The van der Waals surface area contributed by atoms with Crippen molar-refractivity contribution in [2.24, 2.45) is 0 Å². The highest BCUT2D eigenvalue weighted by Gasteiger charge is 2.24. The first-order chi connectivity index (χ1) is 14.4. The lowest BCUT2D eigenvalue weighted by atomic mass is 9.93. The molecule has 2 aromatic heterocycles. The number of para-hydroxylation sites is 1. The van der Waals surface area contributed by atoms with Crippen molar-refractivity contribution in [3.63, 3.8) is 0 Å². The van der Waals surface area contributed by atoms with Crippen LogP contribution in [0.1, 0.15) is 60.3 Å². The van der Waals surface area contributed by atoms with E-state index in [9.17, 15) is 4.79 Å². The normalized spacial score (nSPS) is 17.6. The van der Waals surface area contributed by atoms with Crippen molar-refractivity contribution in [3.05, 3.63) is 65.6 Å². The first-order valence-corrected chi connectivity index (χ1v) is 10.9. The summed E-state index contributed by atoms with van der Waals surface area (Å²) in [5, 5.41) is 1.36. The Balaban J connectivity index is 1.50. The second kappa shape index (κ2) is 8.60. The van der Waals surface area contributed by atoms with E-state index in [4.69, 9.17) is 0 Å². The fraction of sp³-hybridized carbons (Fsp3) is 0.440. The molecular weight excluding hydrogens is 372 g/mol. The predicted molar refractivity (Wildman–Crippen MR) is 122 cm³/mol. The highest BCUT2D eigenvalue weighted by molar-refractivity contribution is 5.93. The van der Waals surface area contributed by atoms with Gasteiger partial charge in [-0.2, -0.15) is 0 Å². The van der Waals surface area contributed by atoms with Gasteiger partial charge in [0, 0.05) is 68.1 Å². The van der Waals surface area contributed by atoms with E-state index < -0.39 is 0 Å². The van der Waals surface area contributed by atoms with Crippen molar-refractivity contribution in [2.45, 2.75) is 45.2 Å². The molecule has 5 nitrogen and oxygen atoms in total. The fourth-order valence-corrected chi connectivity index (χ4v) is 4.54. The van der Waals surface area contributed by atoms with Crippen LogP contribution in [0.4, 0.5) is 0 Å². The number of benzene rings is 1. The van der Waals surface area contributed by atoms with Gasteiger partial charge in [-0.1, -0.05) is 18.2 Å². The Morgan fingerprint density at radius 1 is 1.20 bits per heavy atom. The highest BCUT2D eigenvalue weighted by Crippen LogP contribution is 2.30. The largest absolute Gasteiger partial charge is 0.345 e. The third-order valence-electron chi connectivity index (χ3n) is 6.14. The zero-order valence-electron chi connectivity index (χ0n) is 18.5. The molecule has 0 N–H and O–H groups in total. The molecule has 1 amide bonds. The number of hydrogen-bond donors (Lipinski definition) is 0. The Labute approximate surface area is 179 Å². The smallest absolute Gasteiger partial charge is 0.254 e. The molecule has 1 fully saturated rings. The summed E-state index contributed by atoms with van der Waals surface area (Å²) >= 11 is 0. The summed E-state index contributed by atoms with van der Waals surface area (Å²) in [6, 6.07) is 13.1. The average Bonchev–Trinajstić information content (AvgIpc) is 3.12. The van der Waals surface area contributed by atoms with Crippen LogP contribution in [-0.4, -0.2) is 52.4 Å². The molecule has 0 spiro atoms. The summed E-state index contributed by atoms with van der Waals surface area (Å²) in [7, 11) is 3.54. The molecule has 158 valence electrons. The van der Waals surface area contributed by atoms with E-state index in [1.54, 1.807) is 25.2 Å². The minimum Gasteiger partial charge on any atom is -0.345 e. The van der Waals surface area contributed by atoms with Crippen LogP contribution in [0.5, 0.6) is 0 Å². The van der Waals surface area contributed by atoms with Crippen LogP contribution in [0.15, 0.2) is 48.8 Å². The van der Waals surface area contributed by atoms with Gasteiger partial charge in [0.05, 0.1) is 5.56 Å². The van der Waals surface area contributed by atoms with Crippen LogP contribution in [0.2, 0.25) is 0 Å². The van der Waals surface area contributed by atoms with Crippen molar-refractivity contribution in [1.29, 1.82) is 0 Å². The maximum absolute atomic E-state index is 12.1. The lowest BCUT2D eigenvalue weighted by Crippen LogP contribution is -2.34. The van der Waals surface area contributed by atoms with E-state index in [-0.39, 0.29) is 5.91 Å².